The maximum atomic E-state index is 12.2. The predicted octanol–water partition coefficient (Wildman–Crippen LogP) is 3.52. The molecule has 0 bridgehead atoms. The van der Waals surface area contributed by atoms with Crippen LogP contribution in [0.4, 0.5) is 4.79 Å². The molecular weight excluding hydrogens is 306 g/mol. The molecule has 0 radical (unpaired) electrons. The minimum Gasteiger partial charge on any atom is -0.469 e. The number of hydrogen-bond donors (Lipinski definition) is 0. The van der Waals surface area contributed by atoms with Crippen molar-refractivity contribution in [2.75, 3.05) is 20.2 Å². The first-order valence-electron chi connectivity index (χ1n) is 8.42. The molecule has 2 rings (SSSR count). The number of carbonyl (C=O) groups is 2. The number of rotatable bonds is 3. The first kappa shape index (κ1) is 18.3. The van der Waals surface area contributed by atoms with Crippen molar-refractivity contribution in [3.63, 3.8) is 0 Å². The lowest BCUT2D eigenvalue weighted by Gasteiger charge is -2.34. The van der Waals surface area contributed by atoms with E-state index in [1.165, 1.54) is 12.7 Å². The highest BCUT2D eigenvalue weighted by atomic mass is 16.6. The van der Waals surface area contributed by atoms with E-state index in [0.29, 0.717) is 25.4 Å². The third-order valence-corrected chi connectivity index (χ3v) is 4.20. The molecule has 1 heterocycles. The SMILES string of the molecule is COC(=O)Cc1ccccc1C1CCN(C(=O)OC(C)(C)C)CC1. The molecule has 5 heteroatoms. The summed E-state index contributed by atoms with van der Waals surface area (Å²) < 4.78 is 10.2. The van der Waals surface area contributed by atoms with Crippen LogP contribution < -0.4 is 0 Å². The van der Waals surface area contributed by atoms with E-state index in [1.54, 1.807) is 4.90 Å². The largest absolute Gasteiger partial charge is 0.469 e. The summed E-state index contributed by atoms with van der Waals surface area (Å²) in [6, 6.07) is 7.99. The predicted molar refractivity (Wildman–Crippen MR) is 91.9 cm³/mol. The first-order valence-corrected chi connectivity index (χ1v) is 8.42. The number of esters is 1. The highest BCUT2D eigenvalue weighted by Gasteiger charge is 2.28. The van der Waals surface area contributed by atoms with Crippen LogP contribution >= 0.6 is 0 Å². The second kappa shape index (κ2) is 7.69. The second-order valence-electron chi connectivity index (χ2n) is 7.19. The van der Waals surface area contributed by atoms with Crippen molar-refractivity contribution < 1.29 is 19.1 Å². The smallest absolute Gasteiger partial charge is 0.410 e. The molecule has 0 aromatic heterocycles. The fourth-order valence-corrected chi connectivity index (χ4v) is 3.02. The van der Waals surface area contributed by atoms with Crippen LogP contribution in [0.15, 0.2) is 24.3 Å². The van der Waals surface area contributed by atoms with Gasteiger partial charge in [-0.3, -0.25) is 4.79 Å². The van der Waals surface area contributed by atoms with Gasteiger partial charge in [-0.25, -0.2) is 4.79 Å². The van der Waals surface area contributed by atoms with Crippen LogP contribution in [-0.2, 0) is 20.7 Å². The summed E-state index contributed by atoms with van der Waals surface area (Å²) in [5.74, 6) is 0.123. The zero-order chi connectivity index (χ0) is 17.7. The summed E-state index contributed by atoms with van der Waals surface area (Å²) in [7, 11) is 1.41. The number of amides is 1. The Bertz CT molecular complexity index is 583. The monoisotopic (exact) mass is 333 g/mol. The van der Waals surface area contributed by atoms with Gasteiger partial charge in [0, 0.05) is 13.1 Å². The van der Waals surface area contributed by atoms with Gasteiger partial charge in [0.2, 0.25) is 0 Å². The Balaban J connectivity index is 2.00. The minimum atomic E-state index is -0.471. The van der Waals surface area contributed by atoms with Crippen LogP contribution in [-0.4, -0.2) is 42.8 Å². The molecule has 0 spiro atoms. The number of benzene rings is 1. The molecule has 0 unspecified atom stereocenters. The van der Waals surface area contributed by atoms with Gasteiger partial charge in [-0.1, -0.05) is 24.3 Å². The average Bonchev–Trinajstić information content (AvgIpc) is 2.54. The standard InChI is InChI=1S/C19H27NO4/c1-19(2,3)24-18(22)20-11-9-14(10-12-20)16-8-6-5-7-15(16)13-17(21)23-4/h5-8,14H,9-13H2,1-4H3. The van der Waals surface area contributed by atoms with Crippen LogP contribution in [0.1, 0.15) is 50.7 Å². The summed E-state index contributed by atoms with van der Waals surface area (Å²) in [6.07, 6.45) is 1.79. The van der Waals surface area contributed by atoms with Gasteiger partial charge in [-0.2, -0.15) is 0 Å². The van der Waals surface area contributed by atoms with Gasteiger partial charge < -0.3 is 14.4 Å². The van der Waals surface area contributed by atoms with Crippen LogP contribution in [0.25, 0.3) is 0 Å². The number of methoxy groups -OCH3 is 1. The van der Waals surface area contributed by atoms with E-state index in [9.17, 15) is 9.59 Å². The molecule has 5 nitrogen and oxygen atoms in total. The molecule has 0 saturated carbocycles. The Morgan fingerprint density at radius 1 is 1.17 bits per heavy atom. The van der Waals surface area contributed by atoms with Gasteiger partial charge in [-0.05, 0) is 50.7 Å². The number of likely N-dealkylation sites (tertiary alicyclic amines) is 1. The Kier molecular flexibility index (Phi) is 5.86. The van der Waals surface area contributed by atoms with Crippen molar-refractivity contribution in [3.8, 4) is 0 Å². The minimum absolute atomic E-state index is 0.228. The van der Waals surface area contributed by atoms with Crippen molar-refractivity contribution in [2.24, 2.45) is 0 Å². The first-order chi connectivity index (χ1) is 11.3. The van der Waals surface area contributed by atoms with Gasteiger partial charge >= 0.3 is 12.1 Å². The number of carbonyl (C=O) groups excluding carboxylic acids is 2. The fourth-order valence-electron chi connectivity index (χ4n) is 3.02. The van der Waals surface area contributed by atoms with E-state index in [2.05, 4.69) is 6.07 Å². The third-order valence-electron chi connectivity index (χ3n) is 4.20. The Labute approximate surface area is 143 Å². The summed E-state index contributed by atoms with van der Waals surface area (Å²) >= 11 is 0. The maximum Gasteiger partial charge on any atom is 0.410 e. The molecule has 1 saturated heterocycles. The lowest BCUT2D eigenvalue weighted by atomic mass is 9.86. The van der Waals surface area contributed by atoms with Crippen molar-refractivity contribution in [2.45, 2.75) is 51.6 Å². The Hall–Kier alpha value is -2.04. The fraction of sp³-hybridized carbons (Fsp3) is 0.579. The van der Waals surface area contributed by atoms with Crippen molar-refractivity contribution >= 4 is 12.1 Å². The van der Waals surface area contributed by atoms with Crippen molar-refractivity contribution in [3.05, 3.63) is 35.4 Å². The Morgan fingerprint density at radius 3 is 2.38 bits per heavy atom. The molecule has 24 heavy (non-hydrogen) atoms. The molecule has 1 fully saturated rings. The van der Waals surface area contributed by atoms with Gasteiger partial charge in [0.05, 0.1) is 13.5 Å². The van der Waals surface area contributed by atoms with Crippen LogP contribution in [0, 0.1) is 0 Å². The molecule has 1 amide bonds. The molecular formula is C19H27NO4. The van der Waals surface area contributed by atoms with Crippen LogP contribution in [0.2, 0.25) is 0 Å². The number of piperidine rings is 1. The molecule has 0 aliphatic carbocycles. The van der Waals surface area contributed by atoms with Crippen LogP contribution in [0.3, 0.4) is 0 Å². The highest BCUT2D eigenvalue weighted by Crippen LogP contribution is 2.31. The van der Waals surface area contributed by atoms with E-state index < -0.39 is 5.60 Å². The van der Waals surface area contributed by atoms with E-state index in [4.69, 9.17) is 9.47 Å². The zero-order valence-electron chi connectivity index (χ0n) is 15.0. The molecule has 0 N–H and O–H groups in total. The van der Waals surface area contributed by atoms with Gasteiger partial charge in [0.25, 0.3) is 0 Å². The zero-order valence-corrected chi connectivity index (χ0v) is 15.0. The Morgan fingerprint density at radius 2 is 1.79 bits per heavy atom. The van der Waals surface area contributed by atoms with Gasteiger partial charge in [0.15, 0.2) is 0 Å². The topological polar surface area (TPSA) is 55.8 Å². The van der Waals surface area contributed by atoms with E-state index >= 15 is 0 Å². The summed E-state index contributed by atoms with van der Waals surface area (Å²) in [6.45, 7) is 6.97. The molecule has 0 atom stereocenters. The molecule has 1 aliphatic heterocycles. The van der Waals surface area contributed by atoms with Crippen molar-refractivity contribution in [1.29, 1.82) is 0 Å². The molecule has 132 valence electrons. The van der Waals surface area contributed by atoms with E-state index in [0.717, 1.165) is 18.4 Å². The normalized spacial score (nSPS) is 15.9. The maximum absolute atomic E-state index is 12.2. The number of ether oxygens (including phenoxy) is 2. The molecule has 1 aromatic carbocycles. The van der Waals surface area contributed by atoms with E-state index in [1.807, 2.05) is 39.0 Å². The van der Waals surface area contributed by atoms with Gasteiger partial charge in [0.1, 0.15) is 5.60 Å². The summed E-state index contributed by atoms with van der Waals surface area (Å²) in [5, 5.41) is 0. The molecule has 1 aromatic rings. The third kappa shape index (κ3) is 4.98. The highest BCUT2D eigenvalue weighted by molar-refractivity contribution is 5.73. The number of hydrogen-bond acceptors (Lipinski definition) is 4. The lowest BCUT2D eigenvalue weighted by molar-refractivity contribution is -0.139. The van der Waals surface area contributed by atoms with Crippen molar-refractivity contribution in [1.82, 2.24) is 4.90 Å². The van der Waals surface area contributed by atoms with E-state index in [-0.39, 0.29) is 12.1 Å². The van der Waals surface area contributed by atoms with Gasteiger partial charge in [-0.15, -0.1) is 0 Å². The lowest BCUT2D eigenvalue weighted by Crippen LogP contribution is -2.41. The molecule has 1 aliphatic rings. The quantitative estimate of drug-likeness (QED) is 0.794. The van der Waals surface area contributed by atoms with Crippen LogP contribution in [0.5, 0.6) is 0 Å². The summed E-state index contributed by atoms with van der Waals surface area (Å²) in [4.78, 5) is 25.5. The average molecular weight is 333 g/mol. The summed E-state index contributed by atoms with van der Waals surface area (Å²) in [5.41, 5.74) is 1.73. The number of nitrogens with zero attached hydrogens (tertiary/aromatic N) is 1. The second-order valence-corrected chi connectivity index (χ2v) is 7.19.